The Bertz CT molecular complexity index is 450. The number of hydrogen-bond acceptors (Lipinski definition) is 2. The van der Waals surface area contributed by atoms with E-state index in [0.717, 1.165) is 0 Å². The summed E-state index contributed by atoms with van der Waals surface area (Å²) < 4.78 is 29.9. The zero-order valence-electron chi connectivity index (χ0n) is 7.63. The number of fused-ring (bicyclic) bond motifs is 1. The van der Waals surface area contributed by atoms with Crippen LogP contribution in [0.4, 0.5) is 8.78 Å². The molecule has 0 saturated carbocycles. The molecule has 0 N–H and O–H groups in total. The minimum Gasteiger partial charge on any atom is -0.441 e. The average molecular weight is 197 g/mol. The molecule has 0 bridgehead atoms. The molecule has 0 aliphatic heterocycles. The summed E-state index contributed by atoms with van der Waals surface area (Å²) in [5, 5.41) is 0. The molecule has 2 nitrogen and oxygen atoms in total. The van der Waals surface area contributed by atoms with E-state index in [4.69, 9.17) is 4.42 Å². The molecule has 0 unspecified atom stereocenters. The number of oxazole rings is 1. The van der Waals surface area contributed by atoms with Crippen molar-refractivity contribution < 1.29 is 13.2 Å². The van der Waals surface area contributed by atoms with Crippen molar-refractivity contribution in [3.05, 3.63) is 29.7 Å². The molecule has 0 saturated heterocycles. The molecule has 0 aliphatic carbocycles. The van der Waals surface area contributed by atoms with Crippen molar-refractivity contribution in [2.75, 3.05) is 0 Å². The Morgan fingerprint density at radius 1 is 1.43 bits per heavy atom. The van der Waals surface area contributed by atoms with Gasteiger partial charge in [0.15, 0.2) is 11.5 Å². The van der Waals surface area contributed by atoms with E-state index < -0.39 is 6.43 Å². The average Bonchev–Trinajstić information content (AvgIpc) is 2.58. The van der Waals surface area contributed by atoms with Crippen molar-refractivity contribution in [2.24, 2.45) is 0 Å². The van der Waals surface area contributed by atoms with Crippen LogP contribution in [-0.2, 0) is 6.42 Å². The Labute approximate surface area is 79.6 Å². The van der Waals surface area contributed by atoms with Crippen molar-refractivity contribution in [3.63, 3.8) is 0 Å². The second-order valence-corrected chi connectivity index (χ2v) is 2.99. The van der Waals surface area contributed by atoms with Gasteiger partial charge in [-0.05, 0) is 12.1 Å². The quantitative estimate of drug-likeness (QED) is 0.738. The van der Waals surface area contributed by atoms with E-state index >= 15 is 0 Å². The highest BCUT2D eigenvalue weighted by Gasteiger charge is 2.10. The smallest absolute Gasteiger partial charge is 0.263 e. The summed E-state index contributed by atoms with van der Waals surface area (Å²) in [6, 6.07) is 4.26. The van der Waals surface area contributed by atoms with Gasteiger partial charge in [0.05, 0.1) is 0 Å². The minimum absolute atomic E-state index is 0.0312. The van der Waals surface area contributed by atoms with Crippen LogP contribution in [0.2, 0.25) is 0 Å². The molecule has 4 heteroatoms. The molecule has 2 aromatic rings. The van der Waals surface area contributed by atoms with Crippen LogP contribution in [0.15, 0.2) is 22.6 Å². The number of halogens is 2. The van der Waals surface area contributed by atoms with Crippen LogP contribution in [0.5, 0.6) is 0 Å². The predicted octanol–water partition coefficient (Wildman–Crippen LogP) is 3.33. The molecular weight excluding hydrogens is 188 g/mol. The molecule has 0 atom stereocenters. The highest BCUT2D eigenvalue weighted by atomic mass is 19.3. The van der Waals surface area contributed by atoms with Crippen LogP contribution >= 0.6 is 0 Å². The first kappa shape index (κ1) is 9.12. The maximum atomic E-state index is 12.3. The fourth-order valence-corrected chi connectivity index (χ4v) is 1.28. The fourth-order valence-electron chi connectivity index (χ4n) is 1.28. The molecule has 0 amide bonds. The lowest BCUT2D eigenvalue weighted by Crippen LogP contribution is -1.82. The van der Waals surface area contributed by atoms with Crippen LogP contribution < -0.4 is 0 Å². The third kappa shape index (κ3) is 1.47. The number of aryl methyl sites for hydroxylation is 1. The van der Waals surface area contributed by atoms with Crippen LogP contribution in [0, 0.1) is 0 Å². The van der Waals surface area contributed by atoms with Gasteiger partial charge in [-0.3, -0.25) is 0 Å². The van der Waals surface area contributed by atoms with Gasteiger partial charge < -0.3 is 4.42 Å². The Hall–Kier alpha value is -1.45. The molecular formula is C10H9F2NO. The van der Waals surface area contributed by atoms with E-state index in [0.29, 0.717) is 23.4 Å². The van der Waals surface area contributed by atoms with Crippen LogP contribution in [0.1, 0.15) is 24.8 Å². The zero-order chi connectivity index (χ0) is 10.1. The zero-order valence-corrected chi connectivity index (χ0v) is 7.63. The van der Waals surface area contributed by atoms with E-state index in [-0.39, 0.29) is 5.56 Å². The predicted molar refractivity (Wildman–Crippen MR) is 48.3 cm³/mol. The topological polar surface area (TPSA) is 26.0 Å². The summed E-state index contributed by atoms with van der Waals surface area (Å²) >= 11 is 0. The summed E-state index contributed by atoms with van der Waals surface area (Å²) in [4.78, 5) is 4.12. The SMILES string of the molecule is CCc1nc2ccc(C(F)F)cc2o1. The standard InChI is InChI=1S/C10H9F2NO/c1-2-9-13-7-4-3-6(10(11)12)5-8(7)14-9/h3-5,10H,2H2,1H3. The minimum atomic E-state index is -2.46. The molecule has 0 spiro atoms. The maximum absolute atomic E-state index is 12.3. The monoisotopic (exact) mass is 197 g/mol. The lowest BCUT2D eigenvalue weighted by Gasteiger charge is -1.96. The van der Waals surface area contributed by atoms with E-state index in [1.165, 1.54) is 12.1 Å². The molecule has 0 aliphatic rings. The largest absolute Gasteiger partial charge is 0.441 e. The highest BCUT2D eigenvalue weighted by Crippen LogP contribution is 2.24. The first-order valence-electron chi connectivity index (χ1n) is 4.38. The molecule has 1 heterocycles. The molecule has 14 heavy (non-hydrogen) atoms. The van der Waals surface area contributed by atoms with Crippen molar-refractivity contribution in [1.29, 1.82) is 0 Å². The van der Waals surface area contributed by atoms with Crippen molar-refractivity contribution in [2.45, 2.75) is 19.8 Å². The lowest BCUT2D eigenvalue weighted by molar-refractivity contribution is 0.151. The van der Waals surface area contributed by atoms with E-state index in [1.807, 2.05) is 6.92 Å². The molecule has 74 valence electrons. The Morgan fingerprint density at radius 3 is 2.86 bits per heavy atom. The molecule has 1 aromatic heterocycles. The summed E-state index contributed by atoms with van der Waals surface area (Å²) in [7, 11) is 0. The first-order valence-corrected chi connectivity index (χ1v) is 4.38. The van der Waals surface area contributed by atoms with Gasteiger partial charge in [-0.1, -0.05) is 13.0 Å². The normalized spacial score (nSPS) is 11.4. The molecule has 0 fully saturated rings. The summed E-state index contributed by atoms with van der Waals surface area (Å²) in [5.74, 6) is 0.575. The summed E-state index contributed by atoms with van der Waals surface area (Å²) in [5.41, 5.74) is 1.03. The second-order valence-electron chi connectivity index (χ2n) is 2.99. The number of alkyl halides is 2. The van der Waals surface area contributed by atoms with E-state index in [2.05, 4.69) is 4.98 Å². The number of rotatable bonds is 2. The Balaban J connectivity index is 2.54. The Morgan fingerprint density at radius 2 is 2.21 bits per heavy atom. The number of aromatic nitrogens is 1. The summed E-state index contributed by atoms with van der Waals surface area (Å²) in [6.45, 7) is 1.90. The third-order valence-electron chi connectivity index (χ3n) is 2.01. The van der Waals surface area contributed by atoms with E-state index in [9.17, 15) is 8.78 Å². The van der Waals surface area contributed by atoms with Crippen LogP contribution in [0.25, 0.3) is 11.1 Å². The molecule has 1 aromatic carbocycles. The van der Waals surface area contributed by atoms with Gasteiger partial charge >= 0.3 is 0 Å². The number of nitrogens with zero attached hydrogens (tertiary/aromatic N) is 1. The molecule has 0 radical (unpaired) electrons. The Kier molecular flexibility index (Phi) is 2.19. The van der Waals surface area contributed by atoms with Gasteiger partial charge in [0.1, 0.15) is 5.52 Å². The van der Waals surface area contributed by atoms with Gasteiger partial charge in [0.2, 0.25) is 0 Å². The van der Waals surface area contributed by atoms with Crippen molar-refractivity contribution in [3.8, 4) is 0 Å². The van der Waals surface area contributed by atoms with Gasteiger partial charge in [0.25, 0.3) is 6.43 Å². The van der Waals surface area contributed by atoms with Gasteiger partial charge in [0, 0.05) is 12.0 Å². The van der Waals surface area contributed by atoms with Crippen molar-refractivity contribution >= 4 is 11.1 Å². The first-order chi connectivity index (χ1) is 6.70. The van der Waals surface area contributed by atoms with Crippen LogP contribution in [-0.4, -0.2) is 4.98 Å². The van der Waals surface area contributed by atoms with Crippen LogP contribution in [0.3, 0.4) is 0 Å². The number of benzene rings is 1. The fraction of sp³-hybridized carbons (Fsp3) is 0.300. The second kappa shape index (κ2) is 3.36. The lowest BCUT2D eigenvalue weighted by atomic mass is 10.2. The van der Waals surface area contributed by atoms with Gasteiger partial charge in [-0.25, -0.2) is 13.8 Å². The third-order valence-corrected chi connectivity index (χ3v) is 2.01. The highest BCUT2D eigenvalue weighted by molar-refractivity contribution is 5.73. The molecule has 2 rings (SSSR count). The van der Waals surface area contributed by atoms with Gasteiger partial charge in [-0.2, -0.15) is 0 Å². The van der Waals surface area contributed by atoms with Gasteiger partial charge in [-0.15, -0.1) is 0 Å². The number of hydrogen-bond donors (Lipinski definition) is 0. The maximum Gasteiger partial charge on any atom is 0.263 e. The van der Waals surface area contributed by atoms with Crippen molar-refractivity contribution in [1.82, 2.24) is 4.98 Å². The van der Waals surface area contributed by atoms with E-state index in [1.54, 1.807) is 6.07 Å². The summed E-state index contributed by atoms with van der Waals surface area (Å²) in [6.07, 6.45) is -1.80.